The fourth-order valence-electron chi connectivity index (χ4n) is 4.38. The molecular weight excluding hydrogens is 430 g/mol. The second-order valence-electron chi connectivity index (χ2n) is 8.48. The summed E-state index contributed by atoms with van der Waals surface area (Å²) in [7, 11) is 3.21. The lowest BCUT2D eigenvalue weighted by Crippen LogP contribution is -2.35. The molecule has 4 rings (SSSR count). The van der Waals surface area contributed by atoms with Crippen LogP contribution < -0.4 is 14.8 Å². The van der Waals surface area contributed by atoms with E-state index in [1.165, 1.54) is 0 Å². The molecule has 7 nitrogen and oxygen atoms in total. The minimum atomic E-state index is -0.438. The van der Waals surface area contributed by atoms with E-state index in [2.05, 4.69) is 10.3 Å². The third-order valence-electron chi connectivity index (χ3n) is 6.27. The van der Waals surface area contributed by atoms with Gasteiger partial charge in [0.2, 0.25) is 5.91 Å². The molecule has 1 saturated heterocycles. The van der Waals surface area contributed by atoms with Crippen LogP contribution >= 0.6 is 0 Å². The molecule has 0 bridgehead atoms. The van der Waals surface area contributed by atoms with E-state index in [-0.39, 0.29) is 17.7 Å². The van der Waals surface area contributed by atoms with Gasteiger partial charge in [0.1, 0.15) is 11.5 Å². The Morgan fingerprint density at radius 1 is 1.06 bits per heavy atom. The molecule has 2 aromatic carbocycles. The Morgan fingerprint density at radius 3 is 2.53 bits per heavy atom. The number of rotatable bonds is 7. The van der Waals surface area contributed by atoms with Crippen LogP contribution in [0.1, 0.15) is 33.0 Å². The standard InChI is InChI=1S/C27H29N3O4/c1-18-6-8-20(9-7-18)27(32)30-16-23(22-13-21(33-2)10-11-25(22)34-3)24(17-30)26(31)29-15-19-5-4-12-28-14-19/h4-14,23-24H,15-17H2,1-3H3,(H,29,31)/t23-,24-/m0/s1. The van der Waals surface area contributed by atoms with Gasteiger partial charge in [-0.25, -0.2) is 0 Å². The van der Waals surface area contributed by atoms with Crippen LogP contribution in [0.15, 0.2) is 67.0 Å². The third-order valence-corrected chi connectivity index (χ3v) is 6.27. The van der Waals surface area contributed by atoms with Crippen LogP contribution in [-0.2, 0) is 11.3 Å². The fourth-order valence-corrected chi connectivity index (χ4v) is 4.38. The summed E-state index contributed by atoms with van der Waals surface area (Å²) >= 11 is 0. The molecule has 7 heteroatoms. The predicted octanol–water partition coefficient (Wildman–Crippen LogP) is 3.58. The van der Waals surface area contributed by atoms with Crippen molar-refractivity contribution in [2.75, 3.05) is 27.3 Å². The molecule has 0 aliphatic carbocycles. The number of ether oxygens (including phenoxy) is 2. The average molecular weight is 460 g/mol. The van der Waals surface area contributed by atoms with E-state index in [4.69, 9.17) is 9.47 Å². The van der Waals surface area contributed by atoms with Crippen molar-refractivity contribution >= 4 is 11.8 Å². The molecule has 2 amide bonds. The summed E-state index contributed by atoms with van der Waals surface area (Å²) in [5.74, 6) is 0.460. The highest BCUT2D eigenvalue weighted by molar-refractivity contribution is 5.95. The van der Waals surface area contributed by atoms with E-state index in [9.17, 15) is 9.59 Å². The quantitative estimate of drug-likeness (QED) is 0.584. The second kappa shape index (κ2) is 10.4. The molecule has 0 spiro atoms. The Bertz CT molecular complexity index is 1150. The van der Waals surface area contributed by atoms with Crippen LogP contribution in [0.3, 0.4) is 0 Å². The summed E-state index contributed by atoms with van der Waals surface area (Å²) in [5.41, 5.74) is 3.46. The van der Waals surface area contributed by atoms with Crippen molar-refractivity contribution in [3.63, 3.8) is 0 Å². The van der Waals surface area contributed by atoms with Crippen molar-refractivity contribution in [2.45, 2.75) is 19.4 Å². The zero-order chi connectivity index (χ0) is 24.1. The summed E-state index contributed by atoms with van der Waals surface area (Å²) in [6, 6.07) is 16.8. The normalized spacial score (nSPS) is 17.3. The lowest BCUT2D eigenvalue weighted by atomic mass is 9.87. The molecule has 34 heavy (non-hydrogen) atoms. The minimum absolute atomic E-state index is 0.0885. The number of amides is 2. The summed E-state index contributed by atoms with van der Waals surface area (Å²) in [6.45, 7) is 3.08. The first-order valence-electron chi connectivity index (χ1n) is 11.2. The first-order valence-corrected chi connectivity index (χ1v) is 11.2. The van der Waals surface area contributed by atoms with Gasteiger partial charge in [-0.1, -0.05) is 23.8 Å². The van der Waals surface area contributed by atoms with Gasteiger partial charge in [-0.05, 0) is 48.9 Å². The zero-order valence-electron chi connectivity index (χ0n) is 19.7. The molecule has 1 fully saturated rings. The van der Waals surface area contributed by atoms with Gasteiger partial charge < -0.3 is 19.7 Å². The highest BCUT2D eigenvalue weighted by Gasteiger charge is 2.41. The van der Waals surface area contributed by atoms with Crippen molar-refractivity contribution in [3.8, 4) is 11.5 Å². The van der Waals surface area contributed by atoms with Crippen molar-refractivity contribution in [2.24, 2.45) is 5.92 Å². The number of benzene rings is 2. The molecule has 1 aliphatic rings. The lowest BCUT2D eigenvalue weighted by Gasteiger charge is -2.21. The first-order chi connectivity index (χ1) is 16.5. The predicted molar refractivity (Wildman–Crippen MR) is 129 cm³/mol. The van der Waals surface area contributed by atoms with E-state index in [1.54, 1.807) is 31.5 Å². The van der Waals surface area contributed by atoms with Gasteiger partial charge in [0.25, 0.3) is 5.91 Å². The Labute approximate surface area is 199 Å². The van der Waals surface area contributed by atoms with Crippen LogP contribution in [-0.4, -0.2) is 49.0 Å². The molecule has 0 unspecified atom stereocenters. The van der Waals surface area contributed by atoms with Gasteiger partial charge >= 0.3 is 0 Å². The van der Waals surface area contributed by atoms with Crippen molar-refractivity contribution < 1.29 is 19.1 Å². The van der Waals surface area contributed by atoms with E-state index in [0.717, 1.165) is 16.7 Å². The summed E-state index contributed by atoms with van der Waals surface area (Å²) < 4.78 is 11.0. The van der Waals surface area contributed by atoms with Gasteiger partial charge in [0.15, 0.2) is 0 Å². The van der Waals surface area contributed by atoms with Crippen molar-refractivity contribution in [3.05, 3.63) is 89.2 Å². The van der Waals surface area contributed by atoms with Crippen molar-refractivity contribution in [1.82, 2.24) is 15.2 Å². The van der Waals surface area contributed by atoms with Gasteiger partial charge in [-0.3, -0.25) is 14.6 Å². The largest absolute Gasteiger partial charge is 0.497 e. The minimum Gasteiger partial charge on any atom is -0.497 e. The van der Waals surface area contributed by atoms with Crippen LogP contribution in [0.2, 0.25) is 0 Å². The number of nitrogens with one attached hydrogen (secondary N) is 1. The molecule has 2 atom stereocenters. The molecule has 1 aliphatic heterocycles. The lowest BCUT2D eigenvalue weighted by molar-refractivity contribution is -0.125. The maximum atomic E-state index is 13.4. The highest BCUT2D eigenvalue weighted by Crippen LogP contribution is 2.40. The van der Waals surface area contributed by atoms with Crippen molar-refractivity contribution in [1.29, 1.82) is 0 Å². The molecule has 2 heterocycles. The van der Waals surface area contributed by atoms with Gasteiger partial charge in [-0.2, -0.15) is 0 Å². The van der Waals surface area contributed by atoms with Gasteiger partial charge in [0.05, 0.1) is 20.1 Å². The maximum Gasteiger partial charge on any atom is 0.253 e. The Morgan fingerprint density at radius 2 is 1.85 bits per heavy atom. The number of hydrogen-bond acceptors (Lipinski definition) is 5. The second-order valence-corrected chi connectivity index (χ2v) is 8.48. The van der Waals surface area contributed by atoms with Crippen LogP contribution in [0.4, 0.5) is 0 Å². The number of aromatic nitrogens is 1. The smallest absolute Gasteiger partial charge is 0.253 e. The van der Waals surface area contributed by atoms with Gasteiger partial charge in [0, 0.05) is 49.1 Å². The monoisotopic (exact) mass is 459 g/mol. The summed E-state index contributed by atoms with van der Waals surface area (Å²) in [6.07, 6.45) is 3.42. The van der Waals surface area contributed by atoms with Crippen LogP contribution in [0, 0.1) is 12.8 Å². The topological polar surface area (TPSA) is 80.8 Å². The first kappa shape index (κ1) is 23.3. The number of methoxy groups -OCH3 is 2. The number of aryl methyl sites for hydroxylation is 1. The Balaban J connectivity index is 1.62. The zero-order valence-corrected chi connectivity index (χ0v) is 19.7. The molecular formula is C27H29N3O4. The van der Waals surface area contributed by atoms with Gasteiger partial charge in [-0.15, -0.1) is 0 Å². The molecule has 176 valence electrons. The average Bonchev–Trinajstić information content (AvgIpc) is 3.33. The number of carbonyl (C=O) groups is 2. The number of pyridine rings is 1. The SMILES string of the molecule is COc1ccc(OC)c([C@@H]2CN(C(=O)c3ccc(C)cc3)C[C@@H]2C(=O)NCc2cccnc2)c1. The van der Waals surface area contributed by atoms with E-state index >= 15 is 0 Å². The molecule has 1 N–H and O–H groups in total. The van der Waals surface area contributed by atoms with E-state index in [0.29, 0.717) is 36.7 Å². The molecule has 0 saturated carbocycles. The molecule has 0 radical (unpaired) electrons. The molecule has 3 aromatic rings. The third kappa shape index (κ3) is 5.03. The number of likely N-dealkylation sites (tertiary alicyclic amines) is 1. The number of nitrogens with zero attached hydrogens (tertiary/aromatic N) is 2. The maximum absolute atomic E-state index is 13.4. The van der Waals surface area contributed by atoms with Crippen LogP contribution in [0.5, 0.6) is 11.5 Å². The van der Waals surface area contributed by atoms with Crippen LogP contribution in [0.25, 0.3) is 0 Å². The summed E-state index contributed by atoms with van der Waals surface area (Å²) in [5, 5.41) is 3.02. The molecule has 1 aromatic heterocycles. The fraction of sp³-hybridized carbons (Fsp3) is 0.296. The number of hydrogen-bond donors (Lipinski definition) is 1. The number of carbonyl (C=O) groups excluding carboxylic acids is 2. The summed E-state index contributed by atoms with van der Waals surface area (Å²) in [4.78, 5) is 32.5. The van der Waals surface area contributed by atoms with E-state index in [1.807, 2.05) is 61.5 Å². The Kier molecular flexibility index (Phi) is 7.11. The highest BCUT2D eigenvalue weighted by atomic mass is 16.5. The Hall–Kier alpha value is -3.87. The van der Waals surface area contributed by atoms with E-state index < -0.39 is 5.92 Å².